The fourth-order valence-corrected chi connectivity index (χ4v) is 1.44. The predicted octanol–water partition coefficient (Wildman–Crippen LogP) is 0.790. The molecule has 0 amide bonds. The molecule has 0 saturated heterocycles. The van der Waals surface area contributed by atoms with Crippen LogP contribution < -0.4 is 0 Å². The van der Waals surface area contributed by atoms with Gasteiger partial charge in [-0.3, -0.25) is 0 Å². The lowest BCUT2D eigenvalue weighted by molar-refractivity contribution is -0.111. The van der Waals surface area contributed by atoms with Crippen molar-refractivity contribution in [3.8, 4) is 0 Å². The molecule has 0 spiro atoms. The summed E-state index contributed by atoms with van der Waals surface area (Å²) in [6, 6.07) is -0.360. The number of hydrogen-bond donors (Lipinski definition) is 0. The second-order valence-electron chi connectivity index (χ2n) is 2.99. The smallest absolute Gasteiger partial charge is 0.146 e. The Bertz CT molecular complexity index is 281. The van der Waals surface area contributed by atoms with Gasteiger partial charge in [0.1, 0.15) is 25.0 Å². The number of hydrogen-bond acceptors (Lipinski definition) is 3. The Morgan fingerprint density at radius 2 is 2.42 bits per heavy atom. The van der Waals surface area contributed by atoms with Crippen molar-refractivity contribution in [2.75, 3.05) is 0 Å². The molecule has 1 fully saturated rings. The van der Waals surface area contributed by atoms with E-state index in [1.54, 1.807) is 0 Å². The highest BCUT2D eigenvalue weighted by molar-refractivity contribution is 6.27. The van der Waals surface area contributed by atoms with Gasteiger partial charge in [0, 0.05) is 0 Å². The zero-order chi connectivity index (χ0) is 8.60. The maximum absolute atomic E-state index is 10.7. The zero-order valence-electron chi connectivity index (χ0n) is 6.35. The number of aromatic nitrogens is 3. The first-order valence-electron chi connectivity index (χ1n) is 3.74. The van der Waals surface area contributed by atoms with Crippen LogP contribution in [0.25, 0.3) is 0 Å². The summed E-state index contributed by atoms with van der Waals surface area (Å²) in [6.45, 7) is 0. The maximum atomic E-state index is 10.7. The largest absolute Gasteiger partial charge is 0.301 e. The second kappa shape index (κ2) is 2.55. The van der Waals surface area contributed by atoms with Crippen LogP contribution in [0.2, 0.25) is 0 Å². The summed E-state index contributed by atoms with van der Waals surface area (Å²) >= 11 is 6.08. The van der Waals surface area contributed by atoms with Crippen molar-refractivity contribution < 1.29 is 4.79 Å². The van der Waals surface area contributed by atoms with E-state index >= 15 is 0 Å². The quantitative estimate of drug-likeness (QED) is 0.517. The van der Waals surface area contributed by atoms with Crippen molar-refractivity contribution >= 4 is 17.9 Å². The van der Waals surface area contributed by atoms with Crippen molar-refractivity contribution in [2.24, 2.45) is 0 Å². The van der Waals surface area contributed by atoms with E-state index in [9.17, 15) is 4.79 Å². The van der Waals surface area contributed by atoms with E-state index in [2.05, 4.69) is 10.1 Å². The van der Waals surface area contributed by atoms with Gasteiger partial charge in [0.05, 0.1) is 4.87 Å². The van der Waals surface area contributed by atoms with Crippen LogP contribution in [0.4, 0.5) is 0 Å². The molecule has 1 atom stereocenters. The summed E-state index contributed by atoms with van der Waals surface area (Å²) in [4.78, 5) is 14.1. The third-order valence-corrected chi connectivity index (χ3v) is 2.71. The second-order valence-corrected chi connectivity index (χ2v) is 3.74. The molecule has 1 unspecified atom stereocenters. The molecule has 1 aliphatic rings. The molecule has 0 bridgehead atoms. The summed E-state index contributed by atoms with van der Waals surface area (Å²) in [5.74, 6) is 0. The van der Waals surface area contributed by atoms with Crippen molar-refractivity contribution in [3.05, 3.63) is 12.7 Å². The molecule has 64 valence electrons. The lowest BCUT2D eigenvalue weighted by Gasteiger charge is -2.14. The van der Waals surface area contributed by atoms with E-state index in [0.717, 1.165) is 19.1 Å². The van der Waals surface area contributed by atoms with E-state index in [0.29, 0.717) is 0 Å². The Hall–Kier alpha value is -0.900. The molecule has 1 aromatic rings. The Kier molecular flexibility index (Phi) is 1.65. The molecule has 1 aliphatic carbocycles. The molecule has 2 rings (SSSR count). The van der Waals surface area contributed by atoms with Gasteiger partial charge in [-0.05, 0) is 12.8 Å². The maximum Gasteiger partial charge on any atom is 0.146 e. The van der Waals surface area contributed by atoms with Gasteiger partial charge < -0.3 is 4.79 Å². The van der Waals surface area contributed by atoms with Gasteiger partial charge in [-0.25, -0.2) is 9.67 Å². The first kappa shape index (κ1) is 7.73. The third-order valence-electron chi connectivity index (χ3n) is 2.11. The topological polar surface area (TPSA) is 47.8 Å². The fourth-order valence-electron chi connectivity index (χ4n) is 1.20. The molecule has 0 aromatic carbocycles. The summed E-state index contributed by atoms with van der Waals surface area (Å²) < 4.78 is 1.51. The minimum absolute atomic E-state index is 0.360. The molecule has 1 saturated carbocycles. The van der Waals surface area contributed by atoms with Crippen LogP contribution >= 0.6 is 11.6 Å². The summed E-state index contributed by atoms with van der Waals surface area (Å²) in [5, 5.41) is 3.88. The van der Waals surface area contributed by atoms with Gasteiger partial charge in [-0.2, -0.15) is 5.10 Å². The van der Waals surface area contributed by atoms with Crippen LogP contribution in [-0.4, -0.2) is 25.9 Å². The predicted molar refractivity (Wildman–Crippen MR) is 42.9 cm³/mol. The van der Waals surface area contributed by atoms with Crippen molar-refractivity contribution in [1.82, 2.24) is 14.8 Å². The first-order valence-corrected chi connectivity index (χ1v) is 4.12. The number of carbonyl (C=O) groups excluding carboxylic acids is 1. The van der Waals surface area contributed by atoms with Gasteiger partial charge in [-0.1, -0.05) is 0 Å². The van der Waals surface area contributed by atoms with E-state index in [1.165, 1.54) is 17.3 Å². The van der Waals surface area contributed by atoms with E-state index in [4.69, 9.17) is 11.6 Å². The highest BCUT2D eigenvalue weighted by atomic mass is 35.5. The van der Waals surface area contributed by atoms with Crippen molar-refractivity contribution in [2.45, 2.75) is 23.8 Å². The highest BCUT2D eigenvalue weighted by Gasteiger charge is 2.49. The number of alkyl halides is 1. The molecule has 0 radical (unpaired) electrons. The number of carbonyl (C=O) groups is 1. The van der Waals surface area contributed by atoms with Gasteiger partial charge in [0.25, 0.3) is 0 Å². The van der Waals surface area contributed by atoms with Crippen molar-refractivity contribution in [3.63, 3.8) is 0 Å². The minimum atomic E-state index is -0.393. The van der Waals surface area contributed by atoms with Crippen LogP contribution in [0.5, 0.6) is 0 Å². The molecule has 1 heterocycles. The van der Waals surface area contributed by atoms with Crippen LogP contribution in [0, 0.1) is 0 Å². The van der Waals surface area contributed by atoms with Crippen LogP contribution in [0.1, 0.15) is 18.9 Å². The lowest BCUT2D eigenvalue weighted by Crippen LogP contribution is -2.22. The standard InChI is InChI=1S/C7H8ClN3O/c8-7(1-2-7)6(3-12)11-5-9-4-10-11/h3-6H,1-2H2. The zero-order valence-corrected chi connectivity index (χ0v) is 7.11. The Labute approximate surface area is 74.5 Å². The molecule has 0 N–H and O–H groups in total. The molecule has 12 heavy (non-hydrogen) atoms. The van der Waals surface area contributed by atoms with Crippen LogP contribution in [0.15, 0.2) is 12.7 Å². The van der Waals surface area contributed by atoms with E-state index < -0.39 is 4.87 Å². The number of aldehydes is 1. The van der Waals surface area contributed by atoms with Crippen LogP contribution in [0.3, 0.4) is 0 Å². The SMILES string of the molecule is O=CC(n1cncn1)C1(Cl)CC1. The third kappa shape index (κ3) is 1.12. The molecule has 4 nitrogen and oxygen atoms in total. The first-order chi connectivity index (χ1) is 5.76. The number of rotatable bonds is 3. The molecular formula is C7H8ClN3O. The van der Waals surface area contributed by atoms with Gasteiger partial charge in [0.15, 0.2) is 0 Å². The average molecular weight is 186 g/mol. The summed E-state index contributed by atoms with van der Waals surface area (Å²) in [5.41, 5.74) is 0. The van der Waals surface area contributed by atoms with Crippen molar-refractivity contribution in [1.29, 1.82) is 0 Å². The molecule has 0 aliphatic heterocycles. The average Bonchev–Trinajstić information content (AvgIpc) is 2.63. The van der Waals surface area contributed by atoms with E-state index in [1.807, 2.05) is 0 Å². The van der Waals surface area contributed by atoms with Gasteiger partial charge >= 0.3 is 0 Å². The molecular weight excluding hydrogens is 178 g/mol. The number of halogens is 1. The Balaban J connectivity index is 2.25. The fraction of sp³-hybridized carbons (Fsp3) is 0.571. The molecule has 5 heteroatoms. The van der Waals surface area contributed by atoms with Crippen LogP contribution in [-0.2, 0) is 4.79 Å². The van der Waals surface area contributed by atoms with Gasteiger partial charge in [0.2, 0.25) is 0 Å². The summed E-state index contributed by atoms with van der Waals surface area (Å²) in [7, 11) is 0. The highest BCUT2D eigenvalue weighted by Crippen LogP contribution is 2.49. The Morgan fingerprint density at radius 3 is 2.83 bits per heavy atom. The van der Waals surface area contributed by atoms with Gasteiger partial charge in [-0.15, -0.1) is 11.6 Å². The molecule has 1 aromatic heterocycles. The Morgan fingerprint density at radius 1 is 1.67 bits per heavy atom. The normalized spacial score (nSPS) is 21.8. The monoisotopic (exact) mass is 185 g/mol. The lowest BCUT2D eigenvalue weighted by atomic mass is 10.2. The summed E-state index contributed by atoms with van der Waals surface area (Å²) in [6.07, 6.45) is 5.49. The minimum Gasteiger partial charge on any atom is -0.301 e. The van der Waals surface area contributed by atoms with E-state index in [-0.39, 0.29) is 6.04 Å². The number of nitrogens with zero attached hydrogens (tertiary/aromatic N) is 3.